The number of aliphatic hydroxyl groups is 1. The van der Waals surface area contributed by atoms with Crippen LogP contribution in [0.3, 0.4) is 0 Å². The number of carbonyl (C=O) groups is 1. The summed E-state index contributed by atoms with van der Waals surface area (Å²) < 4.78 is 17.5. The highest BCUT2D eigenvalue weighted by atomic mass is 19.1. The Hall–Kier alpha value is -1.62. The van der Waals surface area contributed by atoms with Crippen LogP contribution in [0.15, 0.2) is 18.2 Å². The van der Waals surface area contributed by atoms with Gasteiger partial charge in [-0.1, -0.05) is 0 Å². The van der Waals surface area contributed by atoms with E-state index >= 15 is 0 Å². The molecule has 0 aromatic heterocycles. The predicted octanol–water partition coefficient (Wildman–Crippen LogP) is 1.52. The van der Waals surface area contributed by atoms with Gasteiger partial charge in [0, 0.05) is 6.07 Å². The fourth-order valence-corrected chi connectivity index (χ4v) is 1.28. The van der Waals surface area contributed by atoms with Crippen LogP contribution in [0.4, 0.5) is 4.39 Å². The summed E-state index contributed by atoms with van der Waals surface area (Å²) in [6, 6.07) is 3.18. The smallest absolute Gasteiger partial charge is 0.308 e. The fourth-order valence-electron chi connectivity index (χ4n) is 1.28. The van der Waals surface area contributed by atoms with Crippen LogP contribution in [0.25, 0.3) is 0 Å². The lowest BCUT2D eigenvalue weighted by atomic mass is 10.1. The first-order valence-electron chi connectivity index (χ1n) is 4.86. The maximum absolute atomic E-state index is 12.9. The molecule has 1 atom stereocenters. The van der Waals surface area contributed by atoms with E-state index < -0.39 is 17.9 Å². The zero-order chi connectivity index (χ0) is 12.1. The molecule has 1 aromatic rings. The molecule has 1 aromatic carbocycles. The molecule has 0 saturated heterocycles. The Morgan fingerprint density at radius 1 is 1.50 bits per heavy atom. The van der Waals surface area contributed by atoms with E-state index in [4.69, 9.17) is 5.11 Å². The van der Waals surface area contributed by atoms with E-state index in [0.717, 1.165) is 12.1 Å². The molecule has 0 radical (unpaired) electrons. The first-order chi connectivity index (χ1) is 7.52. The molecule has 1 unspecified atom stereocenters. The number of phenolic OH excluding ortho intramolecular Hbond substituents is 1. The van der Waals surface area contributed by atoms with Crippen molar-refractivity contribution < 1.29 is 24.1 Å². The van der Waals surface area contributed by atoms with Gasteiger partial charge in [0.25, 0.3) is 0 Å². The number of hydrogen-bond acceptors (Lipinski definition) is 4. The van der Waals surface area contributed by atoms with Crippen molar-refractivity contribution in [2.24, 2.45) is 0 Å². The standard InChI is InChI=1S/C11H13FO4/c1-2-16-11(15)6-10(14)7-3-8(12)5-9(13)4-7/h3-5,10,13-14H,2,6H2,1H3. The van der Waals surface area contributed by atoms with Crippen LogP contribution in [-0.2, 0) is 9.53 Å². The minimum atomic E-state index is -1.18. The maximum atomic E-state index is 12.9. The minimum absolute atomic E-state index is 0.144. The Labute approximate surface area is 92.3 Å². The lowest BCUT2D eigenvalue weighted by Crippen LogP contribution is -2.10. The summed E-state index contributed by atoms with van der Waals surface area (Å²) in [7, 11) is 0. The zero-order valence-corrected chi connectivity index (χ0v) is 8.81. The van der Waals surface area contributed by atoms with E-state index in [0.29, 0.717) is 0 Å². The largest absolute Gasteiger partial charge is 0.508 e. The van der Waals surface area contributed by atoms with E-state index in [2.05, 4.69) is 4.74 Å². The topological polar surface area (TPSA) is 66.8 Å². The van der Waals surface area contributed by atoms with E-state index in [-0.39, 0.29) is 24.3 Å². The second-order valence-corrected chi connectivity index (χ2v) is 3.27. The molecule has 0 spiro atoms. The minimum Gasteiger partial charge on any atom is -0.508 e. The van der Waals surface area contributed by atoms with Crippen LogP contribution < -0.4 is 0 Å². The summed E-state index contributed by atoms with van der Waals surface area (Å²) in [6.07, 6.45) is -1.45. The van der Waals surface area contributed by atoms with Crippen LogP contribution in [0.1, 0.15) is 25.0 Å². The Balaban J connectivity index is 2.72. The molecule has 0 aliphatic carbocycles. The van der Waals surface area contributed by atoms with E-state index in [1.54, 1.807) is 6.92 Å². The van der Waals surface area contributed by atoms with E-state index in [1.807, 2.05) is 0 Å². The third-order valence-corrected chi connectivity index (χ3v) is 1.95. The summed E-state index contributed by atoms with van der Waals surface area (Å²) in [5, 5.41) is 18.7. The summed E-state index contributed by atoms with van der Waals surface area (Å²) in [5.41, 5.74) is 0.144. The van der Waals surface area contributed by atoms with Gasteiger partial charge in [-0.05, 0) is 24.6 Å². The van der Waals surface area contributed by atoms with Gasteiger partial charge in [0.1, 0.15) is 11.6 Å². The highest BCUT2D eigenvalue weighted by Crippen LogP contribution is 2.22. The quantitative estimate of drug-likeness (QED) is 0.767. The molecule has 0 aliphatic heterocycles. The number of hydrogen-bond donors (Lipinski definition) is 2. The molecule has 0 heterocycles. The Morgan fingerprint density at radius 3 is 2.75 bits per heavy atom. The van der Waals surface area contributed by atoms with Gasteiger partial charge in [-0.25, -0.2) is 4.39 Å². The number of carbonyl (C=O) groups excluding carboxylic acids is 1. The van der Waals surface area contributed by atoms with Crippen LogP contribution in [0, 0.1) is 5.82 Å². The zero-order valence-electron chi connectivity index (χ0n) is 8.81. The molecule has 88 valence electrons. The van der Waals surface area contributed by atoms with E-state index in [9.17, 15) is 14.3 Å². The molecule has 0 saturated carbocycles. The van der Waals surface area contributed by atoms with Gasteiger partial charge in [-0.3, -0.25) is 4.79 Å². The normalized spacial score (nSPS) is 12.2. The van der Waals surface area contributed by atoms with Crippen molar-refractivity contribution >= 4 is 5.97 Å². The number of rotatable bonds is 4. The summed E-state index contributed by atoms with van der Waals surface area (Å²) in [6.45, 7) is 1.87. The van der Waals surface area contributed by atoms with Crippen LogP contribution in [-0.4, -0.2) is 22.8 Å². The number of esters is 1. The average molecular weight is 228 g/mol. The Morgan fingerprint density at radius 2 is 2.19 bits per heavy atom. The highest BCUT2D eigenvalue weighted by molar-refractivity contribution is 5.70. The van der Waals surface area contributed by atoms with Gasteiger partial charge in [-0.15, -0.1) is 0 Å². The van der Waals surface area contributed by atoms with Crippen molar-refractivity contribution in [2.75, 3.05) is 6.61 Å². The van der Waals surface area contributed by atoms with Gasteiger partial charge in [-0.2, -0.15) is 0 Å². The van der Waals surface area contributed by atoms with E-state index in [1.165, 1.54) is 6.07 Å². The summed E-state index contributed by atoms with van der Waals surface area (Å²) in [5.74, 6) is -1.53. The van der Waals surface area contributed by atoms with Gasteiger partial charge in [0.15, 0.2) is 0 Å². The average Bonchev–Trinajstić information content (AvgIpc) is 2.16. The molecule has 5 heteroatoms. The third kappa shape index (κ3) is 3.51. The van der Waals surface area contributed by atoms with Crippen molar-refractivity contribution in [3.8, 4) is 5.75 Å². The molecule has 2 N–H and O–H groups in total. The molecule has 0 aliphatic rings. The molecule has 1 rings (SSSR count). The lowest BCUT2D eigenvalue weighted by molar-refractivity contribution is -0.145. The number of aromatic hydroxyl groups is 1. The molecule has 4 nitrogen and oxygen atoms in total. The fraction of sp³-hybridized carbons (Fsp3) is 0.364. The number of phenols is 1. The number of halogens is 1. The van der Waals surface area contributed by atoms with Crippen molar-refractivity contribution in [3.63, 3.8) is 0 Å². The Bertz CT molecular complexity index is 358. The lowest BCUT2D eigenvalue weighted by Gasteiger charge is -2.10. The van der Waals surface area contributed by atoms with Crippen molar-refractivity contribution in [1.82, 2.24) is 0 Å². The number of benzene rings is 1. The molecule has 0 amide bonds. The molecule has 16 heavy (non-hydrogen) atoms. The van der Waals surface area contributed by atoms with Crippen molar-refractivity contribution in [2.45, 2.75) is 19.4 Å². The SMILES string of the molecule is CCOC(=O)CC(O)c1cc(O)cc(F)c1. The van der Waals surface area contributed by atoms with Gasteiger partial charge < -0.3 is 14.9 Å². The van der Waals surface area contributed by atoms with Gasteiger partial charge >= 0.3 is 5.97 Å². The van der Waals surface area contributed by atoms with Crippen LogP contribution >= 0.6 is 0 Å². The molecule has 0 fully saturated rings. The molecule has 0 bridgehead atoms. The number of ether oxygens (including phenoxy) is 1. The molecular weight excluding hydrogens is 215 g/mol. The Kier molecular flexibility index (Phi) is 4.25. The highest BCUT2D eigenvalue weighted by Gasteiger charge is 2.15. The van der Waals surface area contributed by atoms with Gasteiger partial charge in [0.05, 0.1) is 19.1 Å². The molecular formula is C11H13FO4. The maximum Gasteiger partial charge on any atom is 0.308 e. The van der Waals surface area contributed by atoms with Gasteiger partial charge in [0.2, 0.25) is 0 Å². The van der Waals surface area contributed by atoms with Crippen molar-refractivity contribution in [1.29, 1.82) is 0 Å². The van der Waals surface area contributed by atoms with Crippen molar-refractivity contribution in [3.05, 3.63) is 29.6 Å². The van der Waals surface area contributed by atoms with Crippen LogP contribution in [0.5, 0.6) is 5.75 Å². The second kappa shape index (κ2) is 5.46. The second-order valence-electron chi connectivity index (χ2n) is 3.27. The first-order valence-corrected chi connectivity index (χ1v) is 4.86. The predicted molar refractivity (Wildman–Crippen MR) is 54.3 cm³/mol. The monoisotopic (exact) mass is 228 g/mol. The van der Waals surface area contributed by atoms with Crippen LogP contribution in [0.2, 0.25) is 0 Å². The third-order valence-electron chi connectivity index (χ3n) is 1.95. The number of aliphatic hydroxyl groups excluding tert-OH is 1. The summed E-state index contributed by atoms with van der Waals surface area (Å²) >= 11 is 0. The first kappa shape index (κ1) is 12.4. The summed E-state index contributed by atoms with van der Waals surface area (Å²) in [4.78, 5) is 11.1.